The molecular formula is C15H30N2S. The SMILES string of the molecule is CC1(C)CCCN(C2(CN)CSCCC2(C)C)C1. The van der Waals surface area contributed by atoms with E-state index in [4.69, 9.17) is 5.73 Å². The van der Waals surface area contributed by atoms with Gasteiger partial charge in [-0.15, -0.1) is 0 Å². The number of rotatable bonds is 2. The monoisotopic (exact) mass is 270 g/mol. The molecule has 2 aliphatic heterocycles. The van der Waals surface area contributed by atoms with Gasteiger partial charge in [0.15, 0.2) is 0 Å². The zero-order valence-electron chi connectivity index (χ0n) is 12.6. The first-order valence-corrected chi connectivity index (χ1v) is 8.51. The first kappa shape index (κ1) is 14.7. The number of piperidine rings is 1. The third kappa shape index (κ3) is 2.46. The highest BCUT2D eigenvalue weighted by atomic mass is 32.2. The van der Waals surface area contributed by atoms with Crippen molar-refractivity contribution in [1.82, 2.24) is 4.90 Å². The standard InChI is InChI=1S/C15H30N2S/c1-13(2)6-5-8-17(11-13)15(10-16)12-18-9-7-14(15,3)4/h5-12,16H2,1-4H3. The third-order valence-corrected chi connectivity index (χ3v) is 6.49. The Hall–Kier alpha value is 0.270. The second-order valence-corrected chi connectivity index (χ2v) is 8.72. The van der Waals surface area contributed by atoms with Gasteiger partial charge in [0, 0.05) is 24.4 Å². The summed E-state index contributed by atoms with van der Waals surface area (Å²) in [5.74, 6) is 2.51. The largest absolute Gasteiger partial charge is 0.329 e. The summed E-state index contributed by atoms with van der Waals surface area (Å²) in [6.07, 6.45) is 3.99. The van der Waals surface area contributed by atoms with E-state index in [9.17, 15) is 0 Å². The molecule has 2 rings (SSSR count). The van der Waals surface area contributed by atoms with Crippen LogP contribution in [0.15, 0.2) is 0 Å². The predicted octanol–water partition coefficient (Wildman–Crippen LogP) is 2.97. The van der Waals surface area contributed by atoms with Crippen LogP contribution in [0.5, 0.6) is 0 Å². The van der Waals surface area contributed by atoms with Crippen molar-refractivity contribution in [2.75, 3.05) is 31.1 Å². The Bertz CT molecular complexity index is 301. The summed E-state index contributed by atoms with van der Waals surface area (Å²) in [4.78, 5) is 2.74. The molecule has 0 aliphatic carbocycles. The van der Waals surface area contributed by atoms with Crippen molar-refractivity contribution >= 4 is 11.8 Å². The van der Waals surface area contributed by atoms with Crippen LogP contribution >= 0.6 is 11.8 Å². The molecule has 0 aromatic rings. The summed E-state index contributed by atoms with van der Waals surface area (Å²) in [5, 5.41) is 0. The van der Waals surface area contributed by atoms with E-state index in [1.807, 2.05) is 0 Å². The van der Waals surface area contributed by atoms with E-state index in [-0.39, 0.29) is 5.54 Å². The minimum Gasteiger partial charge on any atom is -0.329 e. The summed E-state index contributed by atoms with van der Waals surface area (Å²) in [6.45, 7) is 12.9. The van der Waals surface area contributed by atoms with Crippen LogP contribution in [0, 0.1) is 10.8 Å². The molecule has 2 saturated heterocycles. The van der Waals surface area contributed by atoms with Crippen LogP contribution in [0.4, 0.5) is 0 Å². The smallest absolute Gasteiger partial charge is 0.0473 e. The van der Waals surface area contributed by atoms with Gasteiger partial charge in [-0.1, -0.05) is 27.7 Å². The molecule has 0 saturated carbocycles. The summed E-state index contributed by atoms with van der Waals surface area (Å²) in [6, 6.07) is 0. The van der Waals surface area contributed by atoms with Crippen molar-refractivity contribution < 1.29 is 0 Å². The van der Waals surface area contributed by atoms with Gasteiger partial charge in [0.2, 0.25) is 0 Å². The molecule has 1 unspecified atom stereocenters. The number of hydrogen-bond donors (Lipinski definition) is 1. The van der Waals surface area contributed by atoms with Crippen molar-refractivity contribution in [1.29, 1.82) is 0 Å². The first-order valence-electron chi connectivity index (χ1n) is 7.36. The Balaban J connectivity index is 2.25. The molecule has 1 atom stereocenters. The Morgan fingerprint density at radius 3 is 2.44 bits per heavy atom. The predicted molar refractivity (Wildman–Crippen MR) is 82.1 cm³/mol. The van der Waals surface area contributed by atoms with Crippen molar-refractivity contribution in [3.05, 3.63) is 0 Å². The molecule has 18 heavy (non-hydrogen) atoms. The van der Waals surface area contributed by atoms with Crippen molar-refractivity contribution in [2.45, 2.75) is 52.5 Å². The van der Waals surface area contributed by atoms with Gasteiger partial charge >= 0.3 is 0 Å². The van der Waals surface area contributed by atoms with Gasteiger partial charge < -0.3 is 5.73 Å². The number of hydrogen-bond acceptors (Lipinski definition) is 3. The fourth-order valence-corrected chi connectivity index (χ4v) is 5.60. The molecule has 3 heteroatoms. The normalized spacial score (nSPS) is 36.5. The van der Waals surface area contributed by atoms with Crippen LogP contribution in [0.1, 0.15) is 47.0 Å². The van der Waals surface area contributed by atoms with Crippen LogP contribution in [0.2, 0.25) is 0 Å². The van der Waals surface area contributed by atoms with Gasteiger partial charge in [0.1, 0.15) is 0 Å². The van der Waals surface area contributed by atoms with Crippen LogP contribution < -0.4 is 5.73 Å². The number of nitrogens with two attached hydrogens (primary N) is 1. The lowest BCUT2D eigenvalue weighted by Crippen LogP contribution is -2.68. The molecule has 2 nitrogen and oxygen atoms in total. The van der Waals surface area contributed by atoms with Gasteiger partial charge in [0.05, 0.1) is 0 Å². The topological polar surface area (TPSA) is 29.3 Å². The second-order valence-electron chi connectivity index (χ2n) is 7.61. The molecule has 0 aromatic carbocycles. The first-order chi connectivity index (χ1) is 8.33. The number of likely N-dealkylation sites (tertiary alicyclic amines) is 1. The highest BCUT2D eigenvalue weighted by Gasteiger charge is 2.51. The Morgan fingerprint density at radius 1 is 1.17 bits per heavy atom. The van der Waals surface area contributed by atoms with E-state index < -0.39 is 0 Å². The maximum Gasteiger partial charge on any atom is 0.0473 e. The zero-order chi connectivity index (χ0) is 13.4. The third-order valence-electron chi connectivity index (χ3n) is 5.32. The van der Waals surface area contributed by atoms with Crippen molar-refractivity contribution in [3.8, 4) is 0 Å². The molecule has 2 fully saturated rings. The highest BCUT2D eigenvalue weighted by Crippen LogP contribution is 2.47. The van der Waals surface area contributed by atoms with E-state index in [1.54, 1.807) is 0 Å². The van der Waals surface area contributed by atoms with Crippen molar-refractivity contribution in [2.24, 2.45) is 16.6 Å². The molecule has 2 N–H and O–H groups in total. The van der Waals surface area contributed by atoms with Crippen LogP contribution in [-0.4, -0.2) is 41.6 Å². The van der Waals surface area contributed by atoms with Crippen LogP contribution in [0.3, 0.4) is 0 Å². The summed E-state index contributed by atoms with van der Waals surface area (Å²) >= 11 is 2.10. The summed E-state index contributed by atoms with van der Waals surface area (Å²) < 4.78 is 0. The lowest BCUT2D eigenvalue weighted by molar-refractivity contribution is -0.0412. The highest BCUT2D eigenvalue weighted by molar-refractivity contribution is 7.99. The van der Waals surface area contributed by atoms with Gasteiger partial charge in [-0.3, -0.25) is 4.90 Å². The maximum absolute atomic E-state index is 6.28. The molecule has 0 spiro atoms. The van der Waals surface area contributed by atoms with E-state index in [0.29, 0.717) is 10.8 Å². The summed E-state index contributed by atoms with van der Waals surface area (Å²) in [7, 11) is 0. The fourth-order valence-electron chi connectivity index (χ4n) is 3.77. The Morgan fingerprint density at radius 2 is 1.89 bits per heavy atom. The number of nitrogens with zero attached hydrogens (tertiary/aromatic N) is 1. The second kappa shape index (κ2) is 4.99. The quantitative estimate of drug-likeness (QED) is 0.836. The van der Waals surface area contributed by atoms with Gasteiger partial charge in [-0.05, 0) is 42.4 Å². The Kier molecular flexibility index (Phi) is 4.07. The van der Waals surface area contributed by atoms with E-state index in [2.05, 4.69) is 44.4 Å². The fraction of sp³-hybridized carbons (Fsp3) is 1.00. The van der Waals surface area contributed by atoms with E-state index in [0.717, 1.165) is 6.54 Å². The molecule has 0 bridgehead atoms. The van der Waals surface area contributed by atoms with Gasteiger partial charge in [-0.2, -0.15) is 11.8 Å². The summed E-state index contributed by atoms with van der Waals surface area (Å²) in [5.41, 5.74) is 7.30. The molecule has 2 aliphatic rings. The van der Waals surface area contributed by atoms with Gasteiger partial charge in [0.25, 0.3) is 0 Å². The Labute approximate surface area is 117 Å². The van der Waals surface area contributed by atoms with Crippen LogP contribution in [0.25, 0.3) is 0 Å². The van der Waals surface area contributed by atoms with E-state index in [1.165, 1.54) is 43.9 Å². The molecule has 106 valence electrons. The lowest BCUT2D eigenvalue weighted by Gasteiger charge is -2.58. The molecular weight excluding hydrogens is 240 g/mol. The lowest BCUT2D eigenvalue weighted by atomic mass is 9.68. The zero-order valence-corrected chi connectivity index (χ0v) is 13.4. The van der Waals surface area contributed by atoms with E-state index >= 15 is 0 Å². The molecule has 2 heterocycles. The molecule has 0 radical (unpaired) electrons. The average molecular weight is 270 g/mol. The van der Waals surface area contributed by atoms with Crippen LogP contribution in [-0.2, 0) is 0 Å². The minimum absolute atomic E-state index is 0.216. The molecule has 0 amide bonds. The maximum atomic E-state index is 6.28. The molecule has 0 aromatic heterocycles. The number of thioether (sulfide) groups is 1. The minimum atomic E-state index is 0.216. The van der Waals surface area contributed by atoms with Gasteiger partial charge in [-0.25, -0.2) is 0 Å². The van der Waals surface area contributed by atoms with Crippen molar-refractivity contribution in [3.63, 3.8) is 0 Å². The average Bonchev–Trinajstić information content (AvgIpc) is 2.27.